The van der Waals surface area contributed by atoms with Gasteiger partial charge in [0, 0.05) is 18.5 Å². The first-order valence-electron chi connectivity index (χ1n) is 9.89. The second kappa shape index (κ2) is 8.32. The average molecular weight is 367 g/mol. The lowest BCUT2D eigenvalue weighted by molar-refractivity contribution is -0.0295. The Hall–Kier alpha value is -2.04. The van der Waals surface area contributed by atoms with Crippen LogP contribution in [-0.4, -0.2) is 38.3 Å². The van der Waals surface area contributed by atoms with Gasteiger partial charge in [0.25, 0.3) is 0 Å². The molecule has 144 valence electrons. The van der Waals surface area contributed by atoms with Crippen LogP contribution in [0, 0.1) is 5.92 Å². The van der Waals surface area contributed by atoms with Gasteiger partial charge in [-0.15, -0.1) is 0 Å². The van der Waals surface area contributed by atoms with E-state index in [1.54, 1.807) is 14.2 Å². The van der Waals surface area contributed by atoms with E-state index in [1.165, 1.54) is 29.5 Å². The lowest BCUT2D eigenvalue weighted by Gasteiger charge is -2.38. The van der Waals surface area contributed by atoms with Crippen molar-refractivity contribution in [2.45, 2.75) is 38.5 Å². The van der Waals surface area contributed by atoms with Crippen molar-refractivity contribution >= 4 is 0 Å². The molecule has 1 fully saturated rings. The van der Waals surface area contributed by atoms with Gasteiger partial charge < -0.3 is 14.2 Å². The highest BCUT2D eigenvalue weighted by molar-refractivity contribution is 5.51. The third-order valence-corrected chi connectivity index (χ3v) is 6.01. The van der Waals surface area contributed by atoms with Gasteiger partial charge in [-0.3, -0.25) is 4.90 Å². The van der Waals surface area contributed by atoms with E-state index in [0.717, 1.165) is 37.6 Å². The molecule has 0 spiro atoms. The molecular weight excluding hydrogens is 338 g/mol. The maximum absolute atomic E-state index is 6.26. The number of fused-ring (bicyclic) bond motifs is 1. The fourth-order valence-corrected chi connectivity index (χ4v) is 4.47. The lowest BCUT2D eigenvalue weighted by Crippen LogP contribution is -2.40. The third kappa shape index (κ3) is 3.97. The highest BCUT2D eigenvalue weighted by Gasteiger charge is 2.32. The summed E-state index contributed by atoms with van der Waals surface area (Å²) in [6.07, 6.45) is 3.58. The predicted octanol–water partition coefficient (Wildman–Crippen LogP) is 4.06. The maximum Gasteiger partial charge on any atom is 0.164 e. The number of rotatable bonds is 5. The topological polar surface area (TPSA) is 30.9 Å². The highest BCUT2D eigenvalue weighted by atomic mass is 16.5. The predicted molar refractivity (Wildman–Crippen MR) is 106 cm³/mol. The minimum Gasteiger partial charge on any atom is -0.493 e. The molecule has 2 aromatic rings. The van der Waals surface area contributed by atoms with Crippen molar-refractivity contribution in [3.05, 3.63) is 59.2 Å². The minimum atomic E-state index is 0.275. The molecule has 4 rings (SSSR count). The van der Waals surface area contributed by atoms with E-state index in [0.29, 0.717) is 12.5 Å². The zero-order chi connectivity index (χ0) is 18.6. The second-order valence-electron chi connectivity index (χ2n) is 7.59. The van der Waals surface area contributed by atoms with Crippen molar-refractivity contribution in [2.24, 2.45) is 5.92 Å². The molecule has 0 saturated carbocycles. The zero-order valence-electron chi connectivity index (χ0n) is 16.3. The molecule has 4 nitrogen and oxygen atoms in total. The number of likely N-dealkylation sites (tertiary alicyclic amines) is 1. The normalized spacial score (nSPS) is 20.9. The maximum atomic E-state index is 6.26. The number of piperidine rings is 1. The van der Waals surface area contributed by atoms with E-state index < -0.39 is 0 Å². The Balaban J connectivity index is 1.39. The van der Waals surface area contributed by atoms with Crippen molar-refractivity contribution in [1.29, 1.82) is 0 Å². The average Bonchev–Trinajstić information content (AvgIpc) is 2.73. The first kappa shape index (κ1) is 18.3. The first-order chi connectivity index (χ1) is 13.3. The Morgan fingerprint density at radius 2 is 1.78 bits per heavy atom. The Labute approximate surface area is 162 Å². The number of benzene rings is 2. The van der Waals surface area contributed by atoms with Crippen LogP contribution in [0.3, 0.4) is 0 Å². The molecular formula is C23H29NO3. The standard InChI is InChI=1S/C23H29NO3/c1-25-21-9-8-19-16-27-22(14-20(19)23(21)26-2)18-10-12-24(13-11-18)15-17-6-4-3-5-7-17/h3-9,18,22H,10-16H2,1-2H3. The number of nitrogens with zero attached hydrogens (tertiary/aromatic N) is 1. The van der Waals surface area contributed by atoms with E-state index in [2.05, 4.69) is 41.3 Å². The summed E-state index contributed by atoms with van der Waals surface area (Å²) in [5.41, 5.74) is 3.89. The van der Waals surface area contributed by atoms with Crippen LogP contribution in [0.4, 0.5) is 0 Å². The number of hydrogen-bond donors (Lipinski definition) is 0. The van der Waals surface area contributed by atoms with Crippen LogP contribution in [0.25, 0.3) is 0 Å². The van der Waals surface area contributed by atoms with Crippen LogP contribution in [0.2, 0.25) is 0 Å². The summed E-state index contributed by atoms with van der Waals surface area (Å²) in [7, 11) is 3.42. The Morgan fingerprint density at radius 1 is 1.00 bits per heavy atom. The first-order valence-corrected chi connectivity index (χ1v) is 9.89. The summed E-state index contributed by atoms with van der Waals surface area (Å²) in [5, 5.41) is 0. The van der Waals surface area contributed by atoms with Gasteiger partial charge in [-0.2, -0.15) is 0 Å². The molecule has 27 heavy (non-hydrogen) atoms. The van der Waals surface area contributed by atoms with Crippen LogP contribution in [0.5, 0.6) is 11.5 Å². The minimum absolute atomic E-state index is 0.275. The SMILES string of the molecule is COc1ccc2c(c1OC)CC(C1CCN(Cc3ccccc3)CC1)OC2. The molecule has 2 aromatic carbocycles. The second-order valence-corrected chi connectivity index (χ2v) is 7.59. The van der Waals surface area contributed by atoms with Gasteiger partial charge in [0.1, 0.15) is 0 Å². The molecule has 0 bridgehead atoms. The molecule has 2 aliphatic rings. The molecule has 0 aliphatic carbocycles. The van der Waals surface area contributed by atoms with Crippen LogP contribution in [0.1, 0.15) is 29.5 Å². The molecule has 0 aromatic heterocycles. The molecule has 2 heterocycles. The van der Waals surface area contributed by atoms with Gasteiger partial charge >= 0.3 is 0 Å². The Morgan fingerprint density at radius 3 is 2.48 bits per heavy atom. The smallest absolute Gasteiger partial charge is 0.164 e. The zero-order valence-corrected chi connectivity index (χ0v) is 16.3. The largest absolute Gasteiger partial charge is 0.493 e. The van der Waals surface area contributed by atoms with Crippen LogP contribution in [0.15, 0.2) is 42.5 Å². The van der Waals surface area contributed by atoms with E-state index >= 15 is 0 Å². The summed E-state index contributed by atoms with van der Waals surface area (Å²) in [5.74, 6) is 2.31. The summed E-state index contributed by atoms with van der Waals surface area (Å²) < 4.78 is 17.4. The van der Waals surface area contributed by atoms with Crippen molar-refractivity contribution in [2.75, 3.05) is 27.3 Å². The molecule has 0 amide bonds. The molecule has 0 N–H and O–H groups in total. The summed E-state index contributed by atoms with van der Waals surface area (Å²) in [4.78, 5) is 2.56. The van der Waals surface area contributed by atoms with E-state index in [4.69, 9.17) is 14.2 Å². The highest BCUT2D eigenvalue weighted by Crippen LogP contribution is 2.39. The van der Waals surface area contributed by atoms with Crippen molar-refractivity contribution in [3.8, 4) is 11.5 Å². The van der Waals surface area contributed by atoms with Gasteiger partial charge in [0.15, 0.2) is 11.5 Å². The van der Waals surface area contributed by atoms with Gasteiger partial charge in [0.05, 0.1) is 26.9 Å². The molecule has 2 aliphatic heterocycles. The van der Waals surface area contributed by atoms with E-state index in [-0.39, 0.29) is 6.10 Å². The Bertz CT molecular complexity index is 754. The number of hydrogen-bond acceptors (Lipinski definition) is 4. The van der Waals surface area contributed by atoms with Crippen LogP contribution < -0.4 is 9.47 Å². The molecule has 4 heteroatoms. The Kier molecular flexibility index (Phi) is 5.65. The van der Waals surface area contributed by atoms with Gasteiger partial charge in [0.2, 0.25) is 0 Å². The summed E-state index contributed by atoms with van der Waals surface area (Å²) >= 11 is 0. The molecule has 1 atom stereocenters. The quantitative estimate of drug-likeness (QED) is 0.797. The summed E-state index contributed by atoms with van der Waals surface area (Å²) in [6, 6.07) is 14.8. The molecule has 1 unspecified atom stereocenters. The van der Waals surface area contributed by atoms with Crippen molar-refractivity contribution in [3.63, 3.8) is 0 Å². The van der Waals surface area contributed by atoms with E-state index in [1.807, 2.05) is 6.07 Å². The number of methoxy groups -OCH3 is 2. The van der Waals surface area contributed by atoms with Crippen molar-refractivity contribution < 1.29 is 14.2 Å². The molecule has 0 radical (unpaired) electrons. The van der Waals surface area contributed by atoms with Gasteiger partial charge in [-0.25, -0.2) is 0 Å². The fraction of sp³-hybridized carbons (Fsp3) is 0.478. The van der Waals surface area contributed by atoms with Crippen LogP contribution in [-0.2, 0) is 24.3 Å². The lowest BCUT2D eigenvalue weighted by atomic mass is 9.85. The van der Waals surface area contributed by atoms with E-state index in [9.17, 15) is 0 Å². The number of ether oxygens (including phenoxy) is 3. The molecule has 1 saturated heterocycles. The van der Waals surface area contributed by atoms with Gasteiger partial charge in [-0.05, 0) is 49.0 Å². The van der Waals surface area contributed by atoms with Gasteiger partial charge in [-0.1, -0.05) is 36.4 Å². The fourth-order valence-electron chi connectivity index (χ4n) is 4.47. The third-order valence-electron chi connectivity index (χ3n) is 6.01. The van der Waals surface area contributed by atoms with Crippen molar-refractivity contribution in [1.82, 2.24) is 4.90 Å². The summed E-state index contributed by atoms with van der Waals surface area (Å²) in [6.45, 7) is 4.00. The monoisotopic (exact) mass is 367 g/mol. The van der Waals surface area contributed by atoms with Crippen LogP contribution >= 0.6 is 0 Å².